The van der Waals surface area contributed by atoms with Crippen LogP contribution < -0.4 is 4.74 Å². The van der Waals surface area contributed by atoms with Gasteiger partial charge in [-0.3, -0.25) is 19.3 Å². The summed E-state index contributed by atoms with van der Waals surface area (Å²) in [5.74, 6) is -1.63. The van der Waals surface area contributed by atoms with Crippen molar-refractivity contribution in [2.75, 3.05) is 6.54 Å². The maximum Gasteiger partial charge on any atom is 0.335 e. The molecular weight excluding hydrogens is 514 g/mol. The number of benzene rings is 2. The van der Waals surface area contributed by atoms with Gasteiger partial charge >= 0.3 is 11.9 Å². The normalized spacial score (nSPS) is 14.8. The summed E-state index contributed by atoms with van der Waals surface area (Å²) in [5.41, 5.74) is 1.67. The van der Waals surface area contributed by atoms with Gasteiger partial charge in [-0.1, -0.05) is 18.2 Å². The Labute approximate surface area is 202 Å². The largest absolute Gasteiger partial charge is 0.488 e. The number of carboxylic acid groups (broad SMARTS) is 1. The lowest BCUT2D eigenvalue weighted by atomic mass is 10.1. The number of carbonyl (C=O) groups is 4. The van der Waals surface area contributed by atoms with E-state index in [1.54, 1.807) is 50.3 Å². The summed E-state index contributed by atoms with van der Waals surface area (Å²) in [5, 5.41) is 8.43. The SMILES string of the molecule is CC(C)OC(=O)CN1C(=O)S/C(=C/c2ccc(OCc3ccc(C(=O)O)cc3)c(Br)c2)C1=O. The highest BCUT2D eigenvalue weighted by atomic mass is 79.9. The molecule has 1 heterocycles. The van der Waals surface area contributed by atoms with Crippen LogP contribution in [0.4, 0.5) is 4.79 Å². The van der Waals surface area contributed by atoms with E-state index in [0.717, 1.165) is 22.2 Å². The summed E-state index contributed by atoms with van der Waals surface area (Å²) in [6, 6.07) is 11.6. The van der Waals surface area contributed by atoms with Crippen LogP contribution in [-0.2, 0) is 20.9 Å². The predicted octanol–water partition coefficient (Wildman–Crippen LogP) is 4.71. The number of hydrogen-bond donors (Lipinski definition) is 1. The summed E-state index contributed by atoms with van der Waals surface area (Å²) < 4.78 is 11.4. The highest BCUT2D eigenvalue weighted by Crippen LogP contribution is 2.34. The molecule has 33 heavy (non-hydrogen) atoms. The van der Waals surface area contributed by atoms with Crippen molar-refractivity contribution >= 4 is 56.9 Å². The number of rotatable bonds is 8. The van der Waals surface area contributed by atoms with E-state index in [1.807, 2.05) is 0 Å². The zero-order chi connectivity index (χ0) is 24.1. The van der Waals surface area contributed by atoms with Crippen LogP contribution >= 0.6 is 27.7 Å². The molecule has 0 radical (unpaired) electrons. The number of halogens is 1. The molecule has 8 nitrogen and oxygen atoms in total. The fourth-order valence-electron chi connectivity index (χ4n) is 2.85. The fourth-order valence-corrected chi connectivity index (χ4v) is 4.19. The van der Waals surface area contributed by atoms with Crippen molar-refractivity contribution < 1.29 is 33.8 Å². The van der Waals surface area contributed by atoms with Gasteiger partial charge in [0.1, 0.15) is 18.9 Å². The highest BCUT2D eigenvalue weighted by molar-refractivity contribution is 9.10. The third-order valence-corrected chi connectivity index (χ3v) is 5.90. The zero-order valence-electron chi connectivity index (χ0n) is 17.7. The number of aromatic carboxylic acids is 1. The molecule has 0 aromatic heterocycles. The minimum Gasteiger partial charge on any atom is -0.488 e. The van der Waals surface area contributed by atoms with Crippen LogP contribution in [-0.4, -0.2) is 45.7 Å². The highest BCUT2D eigenvalue weighted by Gasteiger charge is 2.36. The molecule has 2 amide bonds. The summed E-state index contributed by atoms with van der Waals surface area (Å²) in [7, 11) is 0. The number of nitrogens with zero attached hydrogens (tertiary/aromatic N) is 1. The van der Waals surface area contributed by atoms with Crippen LogP contribution in [0.3, 0.4) is 0 Å². The third kappa shape index (κ3) is 6.45. The van der Waals surface area contributed by atoms with Gasteiger partial charge in [0.05, 0.1) is 21.0 Å². The first-order valence-electron chi connectivity index (χ1n) is 9.83. The van der Waals surface area contributed by atoms with Gasteiger partial charge in [0.2, 0.25) is 0 Å². The van der Waals surface area contributed by atoms with E-state index in [4.69, 9.17) is 14.6 Å². The first kappa shape index (κ1) is 24.5. The molecule has 0 bridgehead atoms. The number of thioether (sulfide) groups is 1. The van der Waals surface area contributed by atoms with E-state index in [-0.39, 0.29) is 23.2 Å². The molecule has 3 rings (SSSR count). The second kappa shape index (κ2) is 10.7. The molecule has 0 spiro atoms. The van der Waals surface area contributed by atoms with Crippen molar-refractivity contribution in [2.24, 2.45) is 0 Å². The van der Waals surface area contributed by atoms with Crippen molar-refractivity contribution in [1.29, 1.82) is 0 Å². The molecule has 0 atom stereocenters. The zero-order valence-corrected chi connectivity index (χ0v) is 20.1. The summed E-state index contributed by atoms with van der Waals surface area (Å²) >= 11 is 4.19. The van der Waals surface area contributed by atoms with Crippen LogP contribution in [0.15, 0.2) is 51.8 Å². The van der Waals surface area contributed by atoms with E-state index < -0.39 is 29.6 Å². The van der Waals surface area contributed by atoms with E-state index in [0.29, 0.717) is 15.8 Å². The number of carbonyl (C=O) groups excluding carboxylic acids is 3. The number of ether oxygens (including phenoxy) is 2. The Morgan fingerprint density at radius 2 is 1.85 bits per heavy atom. The molecule has 1 aliphatic heterocycles. The Bertz CT molecular complexity index is 1130. The second-order valence-corrected chi connectivity index (χ2v) is 9.13. The van der Waals surface area contributed by atoms with Crippen LogP contribution in [0.25, 0.3) is 6.08 Å². The van der Waals surface area contributed by atoms with Crippen LogP contribution in [0.1, 0.15) is 35.3 Å². The average Bonchev–Trinajstić information content (AvgIpc) is 3.00. The Kier molecular flexibility index (Phi) is 7.93. The Morgan fingerprint density at radius 1 is 1.15 bits per heavy atom. The quantitative estimate of drug-likeness (QED) is 0.383. The topological polar surface area (TPSA) is 110 Å². The van der Waals surface area contributed by atoms with E-state index in [2.05, 4.69) is 15.9 Å². The fraction of sp³-hybridized carbons (Fsp3) is 0.217. The number of hydrogen-bond acceptors (Lipinski definition) is 7. The van der Waals surface area contributed by atoms with Gasteiger partial charge in [0.15, 0.2) is 0 Å². The molecule has 1 aliphatic rings. The van der Waals surface area contributed by atoms with Gasteiger partial charge in [-0.05, 0) is 83.0 Å². The van der Waals surface area contributed by atoms with Gasteiger partial charge < -0.3 is 14.6 Å². The lowest BCUT2D eigenvalue weighted by Gasteiger charge is -2.13. The second-order valence-electron chi connectivity index (χ2n) is 7.29. The molecule has 10 heteroatoms. The van der Waals surface area contributed by atoms with E-state index in [9.17, 15) is 19.2 Å². The summed E-state index contributed by atoms with van der Waals surface area (Å²) in [6.07, 6.45) is 1.23. The average molecular weight is 534 g/mol. The maximum absolute atomic E-state index is 12.6. The lowest BCUT2D eigenvalue weighted by Crippen LogP contribution is -2.35. The Morgan fingerprint density at radius 3 is 2.45 bits per heavy atom. The Balaban J connectivity index is 1.65. The molecule has 2 aromatic rings. The van der Waals surface area contributed by atoms with Crippen molar-refractivity contribution in [3.05, 3.63) is 68.5 Å². The Hall–Kier alpha value is -3.11. The molecule has 2 aromatic carbocycles. The molecule has 1 fully saturated rings. The van der Waals surface area contributed by atoms with Gasteiger partial charge in [-0.25, -0.2) is 4.79 Å². The molecule has 1 N–H and O–H groups in total. The van der Waals surface area contributed by atoms with Crippen molar-refractivity contribution in [3.63, 3.8) is 0 Å². The monoisotopic (exact) mass is 533 g/mol. The van der Waals surface area contributed by atoms with Gasteiger partial charge in [0, 0.05) is 0 Å². The molecule has 0 saturated carbocycles. The first-order chi connectivity index (χ1) is 15.6. The van der Waals surface area contributed by atoms with Gasteiger partial charge in [-0.15, -0.1) is 0 Å². The van der Waals surface area contributed by atoms with Crippen molar-refractivity contribution in [1.82, 2.24) is 4.90 Å². The molecule has 1 saturated heterocycles. The molecule has 0 aliphatic carbocycles. The minimum absolute atomic E-state index is 0.200. The van der Waals surface area contributed by atoms with E-state index in [1.165, 1.54) is 12.1 Å². The smallest absolute Gasteiger partial charge is 0.335 e. The minimum atomic E-state index is -0.992. The van der Waals surface area contributed by atoms with Crippen LogP contribution in [0, 0.1) is 0 Å². The molecule has 0 unspecified atom stereocenters. The summed E-state index contributed by atoms with van der Waals surface area (Å²) in [4.78, 5) is 48.5. The number of carboxylic acids is 1. The standard InChI is InChI=1S/C23H20BrNO7S/c1-13(2)32-20(26)11-25-21(27)19(33-23(25)30)10-15-5-8-18(17(24)9-15)31-12-14-3-6-16(7-4-14)22(28)29/h3-10,13H,11-12H2,1-2H3,(H,28,29)/b19-10+. The lowest BCUT2D eigenvalue weighted by molar-refractivity contribution is -0.149. The number of amides is 2. The van der Waals surface area contributed by atoms with Crippen molar-refractivity contribution in [3.8, 4) is 5.75 Å². The number of esters is 1. The predicted molar refractivity (Wildman–Crippen MR) is 126 cm³/mol. The maximum atomic E-state index is 12.6. The number of imide groups is 1. The molecular formula is C23H20BrNO7S. The molecule has 172 valence electrons. The summed E-state index contributed by atoms with van der Waals surface area (Å²) in [6.45, 7) is 3.19. The third-order valence-electron chi connectivity index (χ3n) is 4.38. The van der Waals surface area contributed by atoms with Gasteiger partial charge in [0.25, 0.3) is 11.1 Å². The first-order valence-corrected chi connectivity index (χ1v) is 11.4. The van der Waals surface area contributed by atoms with Gasteiger partial charge in [-0.2, -0.15) is 0 Å². The van der Waals surface area contributed by atoms with Crippen molar-refractivity contribution in [2.45, 2.75) is 26.6 Å². The van der Waals surface area contributed by atoms with Crippen LogP contribution in [0.2, 0.25) is 0 Å². The van der Waals surface area contributed by atoms with E-state index >= 15 is 0 Å². The van der Waals surface area contributed by atoms with Crippen LogP contribution in [0.5, 0.6) is 5.75 Å².